The Balaban J connectivity index is 2.47. The van der Waals surface area contributed by atoms with E-state index in [0.29, 0.717) is 39.0 Å². The van der Waals surface area contributed by atoms with Crippen molar-refractivity contribution >= 4 is 11.8 Å². The summed E-state index contributed by atoms with van der Waals surface area (Å²) in [6.07, 6.45) is 34.7. The van der Waals surface area contributed by atoms with Crippen molar-refractivity contribution in [2.45, 2.75) is 276 Å². The third-order valence-electron chi connectivity index (χ3n) is 12.8. The van der Waals surface area contributed by atoms with Crippen LogP contribution in [0, 0.1) is 0 Å². The number of aliphatic hydroxyl groups excluding tert-OH is 4. The van der Waals surface area contributed by atoms with E-state index < -0.39 is 36.5 Å². The summed E-state index contributed by atoms with van der Waals surface area (Å²) in [7, 11) is 0. The highest BCUT2D eigenvalue weighted by atomic mass is 16.3. The zero-order valence-corrected chi connectivity index (χ0v) is 40.5. The number of nitrogens with one attached hydrogen (secondary N) is 2. The Labute approximate surface area is 376 Å². The van der Waals surface area contributed by atoms with Gasteiger partial charge in [0.05, 0.1) is 24.4 Å². The maximum atomic E-state index is 13.1. The lowest BCUT2D eigenvalue weighted by molar-refractivity contribution is -0.137. The zero-order valence-electron chi connectivity index (χ0n) is 40.5. The van der Waals surface area contributed by atoms with Crippen LogP contribution in [0.5, 0.6) is 0 Å². The SMILES string of the molecule is CCCCCCCCCC[C@@H](O)CN(CCCC[C@H]1NC(=O)[C@@H](CCCCN(C[C@H](O)CCCCCCCCCC)C[C@H](C)O)NC1=O)C[C@H](O)CCCCCCCCCC. The van der Waals surface area contributed by atoms with Crippen LogP contribution >= 0.6 is 0 Å². The van der Waals surface area contributed by atoms with Gasteiger partial charge in [-0.2, -0.15) is 0 Å². The number of carbonyl (C=O) groups is 2. The van der Waals surface area contributed by atoms with E-state index in [1.54, 1.807) is 6.92 Å². The molecule has 0 aromatic carbocycles. The van der Waals surface area contributed by atoms with Crippen molar-refractivity contribution in [3.05, 3.63) is 0 Å². The average Bonchev–Trinajstić information content (AvgIpc) is 3.22. The lowest BCUT2D eigenvalue weighted by atomic mass is 10.0. The van der Waals surface area contributed by atoms with Crippen LogP contribution in [-0.2, 0) is 9.59 Å². The predicted molar refractivity (Wildman–Crippen MR) is 256 cm³/mol. The highest BCUT2D eigenvalue weighted by Gasteiger charge is 2.33. The average molecular weight is 867 g/mol. The van der Waals surface area contributed by atoms with Crippen molar-refractivity contribution in [1.29, 1.82) is 0 Å². The summed E-state index contributed by atoms with van der Waals surface area (Å²) in [5.41, 5.74) is 0. The Morgan fingerprint density at radius 3 is 0.984 bits per heavy atom. The molecular weight excluding hydrogens is 765 g/mol. The minimum atomic E-state index is -0.540. The summed E-state index contributed by atoms with van der Waals surface area (Å²) in [6.45, 7) is 12.2. The molecule has 10 heteroatoms. The predicted octanol–water partition coefficient (Wildman–Crippen LogP) is 9.97. The minimum absolute atomic E-state index is 0.122. The highest BCUT2D eigenvalue weighted by molar-refractivity contribution is 5.96. The van der Waals surface area contributed by atoms with E-state index in [-0.39, 0.29) is 11.8 Å². The molecule has 6 N–H and O–H groups in total. The van der Waals surface area contributed by atoms with Gasteiger partial charge in [0.2, 0.25) is 11.8 Å². The number of piperazine rings is 1. The topological polar surface area (TPSA) is 146 Å². The standard InChI is InChI=1S/C51H102N4O6/c1-5-8-11-14-17-20-23-26-33-45(57)41-54(40-44(4)56)38-31-29-36-48-50(60)53-49(51(61)52-48)37-30-32-39-55(42-46(58)34-27-24-21-18-15-12-9-6-2)43-47(59)35-28-25-22-19-16-13-10-7-3/h44-49,56-59H,5-43H2,1-4H3,(H,52,61)(H,53,60)/t44-,45+,46+,47+,48+,49+/m0/s1. The highest BCUT2D eigenvalue weighted by Crippen LogP contribution is 2.17. The normalized spacial score (nSPS) is 17.8. The Morgan fingerprint density at radius 2 is 0.689 bits per heavy atom. The molecule has 61 heavy (non-hydrogen) atoms. The van der Waals surface area contributed by atoms with E-state index in [1.165, 1.54) is 116 Å². The van der Waals surface area contributed by atoms with E-state index >= 15 is 0 Å². The van der Waals surface area contributed by atoms with Gasteiger partial charge in [-0.15, -0.1) is 0 Å². The molecule has 0 aromatic rings. The molecule has 0 bridgehead atoms. The minimum Gasteiger partial charge on any atom is -0.392 e. The zero-order chi connectivity index (χ0) is 44.8. The molecule has 1 heterocycles. The lowest BCUT2D eigenvalue weighted by Crippen LogP contribution is -2.61. The van der Waals surface area contributed by atoms with Crippen molar-refractivity contribution in [3.8, 4) is 0 Å². The van der Waals surface area contributed by atoms with E-state index in [4.69, 9.17) is 0 Å². The first kappa shape index (κ1) is 57.7. The van der Waals surface area contributed by atoms with Crippen molar-refractivity contribution in [2.75, 3.05) is 39.3 Å². The Hall–Kier alpha value is -1.30. The van der Waals surface area contributed by atoms with Crippen LogP contribution in [0.4, 0.5) is 0 Å². The van der Waals surface area contributed by atoms with E-state index in [9.17, 15) is 30.0 Å². The summed E-state index contributed by atoms with van der Waals surface area (Å²) >= 11 is 0. The first-order valence-corrected chi connectivity index (χ1v) is 26.4. The molecule has 0 aliphatic carbocycles. The molecule has 0 radical (unpaired) electrons. The van der Waals surface area contributed by atoms with Crippen molar-refractivity contribution in [2.24, 2.45) is 0 Å². The Kier molecular flexibility index (Phi) is 38.1. The van der Waals surface area contributed by atoms with Gasteiger partial charge in [0, 0.05) is 26.2 Å². The summed E-state index contributed by atoms with van der Waals surface area (Å²) < 4.78 is 0. The van der Waals surface area contributed by atoms with Gasteiger partial charge in [-0.05, 0) is 77.8 Å². The van der Waals surface area contributed by atoms with Crippen molar-refractivity contribution in [1.82, 2.24) is 20.4 Å². The summed E-state index contributed by atoms with van der Waals surface area (Å²) in [5, 5.41) is 48.7. The van der Waals surface area contributed by atoms with Crippen LogP contribution in [0.3, 0.4) is 0 Å². The molecule has 1 aliphatic rings. The van der Waals surface area contributed by atoms with Crippen LogP contribution in [0.25, 0.3) is 0 Å². The molecule has 0 spiro atoms. The van der Waals surface area contributed by atoms with Gasteiger partial charge in [-0.25, -0.2) is 0 Å². The molecule has 0 aromatic heterocycles. The fourth-order valence-electron chi connectivity index (χ4n) is 9.05. The van der Waals surface area contributed by atoms with Crippen LogP contribution < -0.4 is 10.6 Å². The van der Waals surface area contributed by atoms with Crippen LogP contribution in [0.1, 0.15) is 240 Å². The fraction of sp³-hybridized carbons (Fsp3) is 0.961. The third kappa shape index (κ3) is 33.8. The largest absolute Gasteiger partial charge is 0.392 e. The number of amides is 2. The number of unbranched alkanes of at least 4 members (excludes halogenated alkanes) is 23. The maximum Gasteiger partial charge on any atom is 0.243 e. The second-order valence-corrected chi connectivity index (χ2v) is 19.2. The second kappa shape index (κ2) is 40.2. The first-order chi connectivity index (χ1) is 29.6. The van der Waals surface area contributed by atoms with Crippen LogP contribution in [-0.4, -0.2) is 118 Å². The summed E-state index contributed by atoms with van der Waals surface area (Å²) in [5.74, 6) is -0.246. The number of carbonyl (C=O) groups excluding carboxylic acids is 2. The second-order valence-electron chi connectivity index (χ2n) is 19.2. The molecule has 0 saturated carbocycles. The number of nitrogens with zero attached hydrogens (tertiary/aromatic N) is 2. The fourth-order valence-corrected chi connectivity index (χ4v) is 9.05. The van der Waals surface area contributed by atoms with E-state index in [0.717, 1.165) is 96.6 Å². The van der Waals surface area contributed by atoms with Gasteiger partial charge in [0.25, 0.3) is 0 Å². The molecule has 6 atom stereocenters. The van der Waals surface area contributed by atoms with E-state index in [1.807, 2.05) is 0 Å². The van der Waals surface area contributed by atoms with E-state index in [2.05, 4.69) is 41.2 Å². The molecule has 362 valence electrons. The first-order valence-electron chi connectivity index (χ1n) is 26.4. The number of rotatable bonds is 45. The van der Waals surface area contributed by atoms with Crippen molar-refractivity contribution in [3.63, 3.8) is 0 Å². The van der Waals surface area contributed by atoms with Gasteiger partial charge >= 0.3 is 0 Å². The van der Waals surface area contributed by atoms with Gasteiger partial charge in [-0.3, -0.25) is 19.4 Å². The number of hydrogen-bond acceptors (Lipinski definition) is 8. The Bertz CT molecular complexity index is 976. The van der Waals surface area contributed by atoms with Crippen molar-refractivity contribution < 1.29 is 30.0 Å². The molecule has 0 unspecified atom stereocenters. The monoisotopic (exact) mass is 867 g/mol. The smallest absolute Gasteiger partial charge is 0.243 e. The van der Waals surface area contributed by atoms with Gasteiger partial charge < -0.3 is 31.1 Å². The van der Waals surface area contributed by atoms with Gasteiger partial charge in [-0.1, -0.05) is 175 Å². The van der Waals surface area contributed by atoms with Gasteiger partial charge in [0.15, 0.2) is 0 Å². The van der Waals surface area contributed by atoms with Crippen LogP contribution in [0.15, 0.2) is 0 Å². The molecule has 1 fully saturated rings. The Morgan fingerprint density at radius 1 is 0.410 bits per heavy atom. The molecule has 1 aliphatic heterocycles. The number of aliphatic hydroxyl groups is 4. The number of hydrogen-bond donors (Lipinski definition) is 6. The molecule has 1 rings (SSSR count). The van der Waals surface area contributed by atoms with Gasteiger partial charge in [0.1, 0.15) is 12.1 Å². The van der Waals surface area contributed by atoms with Crippen LogP contribution in [0.2, 0.25) is 0 Å². The molecule has 2 amide bonds. The lowest BCUT2D eigenvalue weighted by Gasteiger charge is -2.31. The summed E-state index contributed by atoms with van der Waals surface area (Å²) in [6, 6.07) is -1.08. The maximum absolute atomic E-state index is 13.1. The quantitative estimate of drug-likeness (QED) is 0.0332. The molecule has 1 saturated heterocycles. The summed E-state index contributed by atoms with van der Waals surface area (Å²) in [4.78, 5) is 30.5. The molecular formula is C51H102N4O6. The molecule has 10 nitrogen and oxygen atoms in total. The third-order valence-corrected chi connectivity index (χ3v) is 12.8.